The van der Waals surface area contributed by atoms with Crippen LogP contribution in [-0.2, 0) is 0 Å². The molecule has 0 unspecified atom stereocenters. The van der Waals surface area contributed by atoms with Crippen LogP contribution < -0.4 is 5.32 Å². The first kappa shape index (κ1) is 14.0. The van der Waals surface area contributed by atoms with E-state index in [0.29, 0.717) is 16.6 Å². The molecule has 4 heteroatoms. The van der Waals surface area contributed by atoms with Gasteiger partial charge in [-0.15, -0.1) is 0 Å². The van der Waals surface area contributed by atoms with Crippen molar-refractivity contribution in [2.75, 3.05) is 0 Å². The molecule has 0 bridgehead atoms. The number of hydrogen-bond acceptors (Lipinski definition) is 2. The second-order valence-electron chi connectivity index (χ2n) is 5.44. The van der Waals surface area contributed by atoms with Crippen molar-refractivity contribution < 1.29 is 9.90 Å². The van der Waals surface area contributed by atoms with E-state index in [9.17, 15) is 9.90 Å². The first-order chi connectivity index (χ1) is 10.0. The second kappa shape index (κ2) is 5.41. The van der Waals surface area contributed by atoms with Crippen molar-refractivity contribution in [3.8, 4) is 16.9 Å². The van der Waals surface area contributed by atoms with Gasteiger partial charge in [-0.05, 0) is 54.7 Å². The zero-order chi connectivity index (χ0) is 15.0. The third-order valence-corrected chi connectivity index (χ3v) is 3.97. The van der Waals surface area contributed by atoms with Gasteiger partial charge in [-0.3, -0.25) is 4.79 Å². The number of halogens is 1. The van der Waals surface area contributed by atoms with Crippen LogP contribution in [0.3, 0.4) is 0 Å². The molecule has 0 aromatic heterocycles. The van der Waals surface area contributed by atoms with Crippen LogP contribution in [0.2, 0.25) is 5.02 Å². The largest absolute Gasteiger partial charge is 0.506 e. The number of phenolic OH excluding ortho intramolecular Hbond substituents is 1. The quantitative estimate of drug-likeness (QED) is 0.903. The summed E-state index contributed by atoms with van der Waals surface area (Å²) in [4.78, 5) is 12.1. The molecule has 0 radical (unpaired) electrons. The lowest BCUT2D eigenvalue weighted by molar-refractivity contribution is 0.0950. The molecule has 3 nitrogen and oxygen atoms in total. The Balaban J connectivity index is 1.89. The van der Waals surface area contributed by atoms with Crippen molar-refractivity contribution in [1.82, 2.24) is 5.32 Å². The zero-order valence-electron chi connectivity index (χ0n) is 11.7. The predicted molar refractivity (Wildman–Crippen MR) is 83.8 cm³/mol. The van der Waals surface area contributed by atoms with Gasteiger partial charge >= 0.3 is 0 Å². The van der Waals surface area contributed by atoms with Gasteiger partial charge in [0.15, 0.2) is 0 Å². The van der Waals surface area contributed by atoms with Crippen LogP contribution in [0.1, 0.15) is 28.8 Å². The molecule has 2 N–H and O–H groups in total. The average Bonchev–Trinajstić information content (AvgIpc) is 3.25. The number of carbonyl (C=O) groups excluding carboxylic acids is 1. The average molecular weight is 302 g/mol. The fourth-order valence-corrected chi connectivity index (χ4v) is 2.46. The highest BCUT2D eigenvalue weighted by atomic mass is 35.5. The van der Waals surface area contributed by atoms with Crippen molar-refractivity contribution in [3.63, 3.8) is 0 Å². The third-order valence-electron chi connectivity index (χ3n) is 3.66. The van der Waals surface area contributed by atoms with Crippen LogP contribution in [0.25, 0.3) is 11.1 Å². The molecule has 1 aliphatic rings. The molecule has 0 saturated heterocycles. The number of nitrogens with one attached hydrogen (secondary N) is 1. The maximum atomic E-state index is 12.1. The Morgan fingerprint density at radius 1 is 1.19 bits per heavy atom. The maximum absolute atomic E-state index is 12.1. The Hall–Kier alpha value is -2.00. The van der Waals surface area contributed by atoms with E-state index >= 15 is 0 Å². The van der Waals surface area contributed by atoms with Gasteiger partial charge in [-0.1, -0.05) is 29.8 Å². The zero-order valence-corrected chi connectivity index (χ0v) is 12.4. The minimum atomic E-state index is -0.00899. The Labute approximate surface area is 128 Å². The Morgan fingerprint density at radius 3 is 2.48 bits per heavy atom. The molecule has 2 aromatic rings. The van der Waals surface area contributed by atoms with E-state index in [4.69, 9.17) is 11.6 Å². The highest BCUT2D eigenvalue weighted by molar-refractivity contribution is 6.32. The fraction of sp³-hybridized carbons (Fsp3) is 0.235. The van der Waals surface area contributed by atoms with E-state index in [1.165, 1.54) is 0 Å². The van der Waals surface area contributed by atoms with E-state index in [0.717, 1.165) is 29.5 Å². The lowest BCUT2D eigenvalue weighted by Gasteiger charge is -2.10. The standard InChI is InChI=1S/C17H16ClNO2/c1-10-8-11(12-3-7-16(20)15(18)9-12)2-6-14(10)17(21)19-13-4-5-13/h2-3,6-9,13,20H,4-5H2,1H3,(H,19,21). The van der Waals surface area contributed by atoms with Crippen molar-refractivity contribution in [1.29, 1.82) is 0 Å². The van der Waals surface area contributed by atoms with Gasteiger partial charge in [0.2, 0.25) is 0 Å². The highest BCUT2D eigenvalue weighted by Gasteiger charge is 2.24. The van der Waals surface area contributed by atoms with Crippen LogP contribution in [0, 0.1) is 6.92 Å². The fourth-order valence-electron chi connectivity index (χ4n) is 2.28. The first-order valence-corrected chi connectivity index (χ1v) is 7.33. The Morgan fingerprint density at radius 2 is 1.86 bits per heavy atom. The summed E-state index contributed by atoms with van der Waals surface area (Å²) in [6.45, 7) is 1.92. The molecule has 1 aliphatic carbocycles. The summed E-state index contributed by atoms with van der Waals surface area (Å²) in [5.41, 5.74) is 3.51. The molecule has 1 saturated carbocycles. The van der Waals surface area contributed by atoms with Gasteiger partial charge in [0.1, 0.15) is 5.75 Å². The topological polar surface area (TPSA) is 49.3 Å². The van der Waals surface area contributed by atoms with E-state index in [-0.39, 0.29) is 11.7 Å². The molecule has 3 rings (SSSR count). The number of phenols is 1. The summed E-state index contributed by atoms with van der Waals surface area (Å²) in [6, 6.07) is 11.1. The van der Waals surface area contributed by atoms with Gasteiger partial charge in [0, 0.05) is 11.6 Å². The number of aromatic hydroxyl groups is 1. The molecule has 1 fully saturated rings. The molecule has 108 valence electrons. The summed E-state index contributed by atoms with van der Waals surface area (Å²) in [5.74, 6) is 0.0582. The van der Waals surface area contributed by atoms with Gasteiger partial charge < -0.3 is 10.4 Å². The molecule has 0 aliphatic heterocycles. The van der Waals surface area contributed by atoms with Gasteiger partial charge in [0.25, 0.3) is 5.91 Å². The van der Waals surface area contributed by atoms with Crippen molar-refractivity contribution >= 4 is 17.5 Å². The smallest absolute Gasteiger partial charge is 0.251 e. The number of carbonyl (C=O) groups is 1. The molecule has 21 heavy (non-hydrogen) atoms. The summed E-state index contributed by atoms with van der Waals surface area (Å²) in [7, 11) is 0. The normalized spacial score (nSPS) is 14.0. The lowest BCUT2D eigenvalue weighted by atomic mass is 9.99. The molecular weight excluding hydrogens is 286 g/mol. The number of aryl methyl sites for hydroxylation is 1. The third kappa shape index (κ3) is 3.03. The van der Waals surface area contributed by atoms with Crippen LogP contribution in [0.4, 0.5) is 0 Å². The molecule has 2 aromatic carbocycles. The SMILES string of the molecule is Cc1cc(-c2ccc(O)c(Cl)c2)ccc1C(=O)NC1CC1. The highest BCUT2D eigenvalue weighted by Crippen LogP contribution is 2.30. The Bertz CT molecular complexity index is 708. The molecule has 0 atom stereocenters. The monoisotopic (exact) mass is 301 g/mol. The number of hydrogen-bond donors (Lipinski definition) is 2. The van der Waals surface area contributed by atoms with Crippen molar-refractivity contribution in [3.05, 3.63) is 52.5 Å². The van der Waals surface area contributed by atoms with Crippen molar-refractivity contribution in [2.45, 2.75) is 25.8 Å². The van der Waals surface area contributed by atoms with Crippen LogP contribution in [-0.4, -0.2) is 17.1 Å². The van der Waals surface area contributed by atoms with Crippen LogP contribution >= 0.6 is 11.6 Å². The van der Waals surface area contributed by atoms with Crippen molar-refractivity contribution in [2.24, 2.45) is 0 Å². The lowest BCUT2D eigenvalue weighted by Crippen LogP contribution is -2.26. The molecule has 0 spiro atoms. The van der Waals surface area contributed by atoms with E-state index in [1.807, 2.05) is 25.1 Å². The Kier molecular flexibility index (Phi) is 3.60. The van der Waals surface area contributed by atoms with Gasteiger partial charge in [0.05, 0.1) is 5.02 Å². The molecule has 1 amide bonds. The summed E-state index contributed by atoms with van der Waals surface area (Å²) in [6.07, 6.45) is 2.16. The summed E-state index contributed by atoms with van der Waals surface area (Å²) in [5, 5.41) is 12.8. The van der Waals surface area contributed by atoms with Gasteiger partial charge in [-0.25, -0.2) is 0 Å². The van der Waals surface area contributed by atoms with Gasteiger partial charge in [-0.2, -0.15) is 0 Å². The van der Waals surface area contributed by atoms with E-state index < -0.39 is 0 Å². The predicted octanol–water partition coefficient (Wildman–Crippen LogP) is 3.91. The van der Waals surface area contributed by atoms with Crippen LogP contribution in [0.15, 0.2) is 36.4 Å². The maximum Gasteiger partial charge on any atom is 0.251 e. The molecular formula is C17H16ClNO2. The number of rotatable bonds is 3. The first-order valence-electron chi connectivity index (χ1n) is 6.95. The summed E-state index contributed by atoms with van der Waals surface area (Å²) < 4.78 is 0. The number of amides is 1. The molecule has 0 heterocycles. The minimum absolute atomic E-state index is 0.00899. The second-order valence-corrected chi connectivity index (χ2v) is 5.85. The van der Waals surface area contributed by atoms with Crippen LogP contribution in [0.5, 0.6) is 5.75 Å². The van der Waals surface area contributed by atoms with E-state index in [1.54, 1.807) is 18.2 Å². The van der Waals surface area contributed by atoms with E-state index in [2.05, 4.69) is 5.32 Å². The minimum Gasteiger partial charge on any atom is -0.506 e. The number of benzene rings is 2. The summed E-state index contributed by atoms with van der Waals surface area (Å²) >= 11 is 5.94.